The van der Waals surface area contributed by atoms with Crippen LogP contribution in [0.5, 0.6) is 0 Å². The van der Waals surface area contributed by atoms with E-state index in [4.69, 9.17) is 5.11 Å². The molecule has 0 spiro atoms. The lowest BCUT2D eigenvalue weighted by molar-refractivity contribution is -0.695. The van der Waals surface area contributed by atoms with Crippen molar-refractivity contribution in [1.82, 2.24) is 9.97 Å². The highest BCUT2D eigenvalue weighted by Gasteiger charge is 2.07. The van der Waals surface area contributed by atoms with Gasteiger partial charge in [0.1, 0.15) is 11.3 Å². The lowest BCUT2D eigenvalue weighted by atomic mass is 10.2. The largest absolute Gasteiger partial charge is 0.481 e. The molecule has 3 heterocycles. The Morgan fingerprint density at radius 3 is 2.80 bits per heavy atom. The van der Waals surface area contributed by atoms with E-state index in [0.717, 1.165) is 21.6 Å². The molecule has 0 amide bonds. The minimum Gasteiger partial charge on any atom is -0.481 e. The summed E-state index contributed by atoms with van der Waals surface area (Å²) in [6.07, 6.45) is 3.86. The second kappa shape index (κ2) is 5.34. The van der Waals surface area contributed by atoms with Gasteiger partial charge in [-0.3, -0.25) is 4.79 Å². The van der Waals surface area contributed by atoms with Gasteiger partial charge in [0, 0.05) is 17.7 Å². The second-order valence-corrected chi connectivity index (χ2v) is 5.17. The molecule has 3 aromatic rings. The number of carbonyl (C=O) groups is 1. The second-order valence-electron chi connectivity index (χ2n) is 4.34. The Hall–Kier alpha value is -2.34. The minimum atomic E-state index is -0.793. The molecule has 5 nitrogen and oxygen atoms in total. The summed E-state index contributed by atoms with van der Waals surface area (Å²) in [5.41, 5.74) is 4.59. The van der Waals surface area contributed by atoms with E-state index in [2.05, 4.69) is 9.97 Å². The van der Waals surface area contributed by atoms with Crippen molar-refractivity contribution in [2.24, 2.45) is 0 Å². The summed E-state index contributed by atoms with van der Waals surface area (Å²) in [5, 5.41) is 8.66. The quantitative estimate of drug-likeness (QED) is 0.746. The summed E-state index contributed by atoms with van der Waals surface area (Å²) in [7, 11) is 0. The number of aryl methyl sites for hydroxylation is 1. The van der Waals surface area contributed by atoms with E-state index in [1.54, 1.807) is 5.51 Å². The maximum Gasteiger partial charge on any atom is 0.309 e. The molecule has 0 atom stereocenters. The summed E-state index contributed by atoms with van der Waals surface area (Å²) < 4.78 is 1.85. The summed E-state index contributed by atoms with van der Waals surface area (Å²) in [6, 6.07) is 7.78. The van der Waals surface area contributed by atoms with Crippen molar-refractivity contribution in [2.75, 3.05) is 0 Å². The van der Waals surface area contributed by atoms with E-state index in [9.17, 15) is 4.79 Å². The van der Waals surface area contributed by atoms with E-state index in [1.807, 2.05) is 41.2 Å². The molecule has 0 aliphatic heterocycles. The number of aromatic nitrogens is 3. The minimum absolute atomic E-state index is 0.120. The van der Waals surface area contributed by atoms with Gasteiger partial charge in [0.05, 0.1) is 16.7 Å². The van der Waals surface area contributed by atoms with E-state index >= 15 is 0 Å². The van der Waals surface area contributed by atoms with Crippen LogP contribution in [0.3, 0.4) is 0 Å². The number of hydrogen-bond acceptors (Lipinski definition) is 4. The molecule has 20 heavy (non-hydrogen) atoms. The predicted octanol–water partition coefficient (Wildman–Crippen LogP) is 2.12. The van der Waals surface area contributed by atoms with Crippen LogP contribution >= 0.6 is 11.3 Å². The highest BCUT2D eigenvalue weighted by molar-refractivity contribution is 7.16. The topological polar surface area (TPSA) is 67.0 Å². The van der Waals surface area contributed by atoms with Gasteiger partial charge in [0.2, 0.25) is 0 Å². The van der Waals surface area contributed by atoms with E-state index in [-0.39, 0.29) is 6.42 Å². The van der Waals surface area contributed by atoms with E-state index in [1.165, 1.54) is 11.3 Å². The van der Waals surface area contributed by atoms with Crippen LogP contribution in [0.25, 0.3) is 21.6 Å². The third kappa shape index (κ3) is 2.65. The zero-order chi connectivity index (χ0) is 13.9. The van der Waals surface area contributed by atoms with Crippen molar-refractivity contribution >= 4 is 27.7 Å². The first-order valence-electron chi connectivity index (χ1n) is 6.14. The van der Waals surface area contributed by atoms with Crippen LogP contribution in [0.1, 0.15) is 6.42 Å². The summed E-state index contributed by atoms with van der Waals surface area (Å²) in [5.74, 6) is -0.793. The average Bonchev–Trinajstić information content (AvgIpc) is 2.93. The molecular formula is C14H12N3O2S+. The van der Waals surface area contributed by atoms with Gasteiger partial charge in [0.15, 0.2) is 18.9 Å². The van der Waals surface area contributed by atoms with Gasteiger partial charge in [-0.15, -0.1) is 11.3 Å². The smallest absolute Gasteiger partial charge is 0.309 e. The van der Waals surface area contributed by atoms with Crippen molar-refractivity contribution in [3.05, 3.63) is 42.2 Å². The van der Waals surface area contributed by atoms with Crippen LogP contribution in [0.15, 0.2) is 42.2 Å². The van der Waals surface area contributed by atoms with Crippen molar-refractivity contribution in [1.29, 1.82) is 0 Å². The molecule has 0 bridgehead atoms. The Labute approximate surface area is 119 Å². The molecular weight excluding hydrogens is 274 g/mol. The van der Waals surface area contributed by atoms with Gasteiger partial charge in [-0.1, -0.05) is 0 Å². The van der Waals surface area contributed by atoms with Gasteiger partial charge in [-0.05, 0) is 12.1 Å². The fourth-order valence-electron chi connectivity index (χ4n) is 1.91. The maximum atomic E-state index is 10.5. The summed E-state index contributed by atoms with van der Waals surface area (Å²) in [4.78, 5) is 20.2. The Bertz CT molecular complexity index is 752. The third-order valence-electron chi connectivity index (χ3n) is 2.97. The number of aliphatic carboxylic acids is 1. The number of carboxylic acids is 1. The van der Waals surface area contributed by atoms with Gasteiger partial charge >= 0.3 is 5.97 Å². The highest BCUT2D eigenvalue weighted by atomic mass is 32.1. The van der Waals surface area contributed by atoms with Crippen molar-refractivity contribution in [3.63, 3.8) is 0 Å². The molecule has 3 rings (SSSR count). The average molecular weight is 286 g/mol. The first kappa shape index (κ1) is 12.7. The van der Waals surface area contributed by atoms with E-state index in [0.29, 0.717) is 6.54 Å². The normalized spacial score (nSPS) is 10.8. The van der Waals surface area contributed by atoms with Crippen LogP contribution in [0, 0.1) is 0 Å². The zero-order valence-corrected chi connectivity index (χ0v) is 11.4. The van der Waals surface area contributed by atoms with Crippen molar-refractivity contribution < 1.29 is 14.5 Å². The molecule has 100 valence electrons. The third-order valence-corrected chi connectivity index (χ3v) is 3.70. The summed E-state index contributed by atoms with van der Waals surface area (Å²) in [6.45, 7) is 0.469. The first-order valence-corrected chi connectivity index (χ1v) is 7.02. The first-order chi connectivity index (χ1) is 9.72. The van der Waals surface area contributed by atoms with Crippen LogP contribution in [-0.4, -0.2) is 21.0 Å². The van der Waals surface area contributed by atoms with Gasteiger partial charge in [0.25, 0.3) is 0 Å². The number of hydrogen-bond donors (Lipinski definition) is 1. The van der Waals surface area contributed by atoms with Crippen LogP contribution in [-0.2, 0) is 11.3 Å². The Balaban J connectivity index is 1.84. The SMILES string of the molecule is O=C(O)CC[n+]1ccc(-c2ccc3ncsc3n2)cc1. The van der Waals surface area contributed by atoms with Crippen molar-refractivity contribution in [3.8, 4) is 11.3 Å². The Morgan fingerprint density at radius 2 is 2.05 bits per heavy atom. The number of carboxylic acid groups (broad SMARTS) is 1. The van der Waals surface area contributed by atoms with Gasteiger partial charge in [-0.2, -0.15) is 0 Å². The number of fused-ring (bicyclic) bond motifs is 1. The van der Waals surface area contributed by atoms with Crippen LogP contribution < -0.4 is 4.57 Å². The molecule has 0 saturated heterocycles. The molecule has 1 N–H and O–H groups in total. The van der Waals surface area contributed by atoms with Gasteiger partial charge in [-0.25, -0.2) is 14.5 Å². The molecule has 0 fully saturated rings. The van der Waals surface area contributed by atoms with Crippen LogP contribution in [0.4, 0.5) is 0 Å². The summed E-state index contributed by atoms with van der Waals surface area (Å²) >= 11 is 1.52. The van der Waals surface area contributed by atoms with E-state index < -0.39 is 5.97 Å². The molecule has 0 aliphatic carbocycles. The standard InChI is InChI=1S/C14H11N3O2S/c18-13(19)5-8-17-6-3-10(4-7-17)11-1-2-12-14(16-11)20-9-15-12/h1-4,6-7,9H,5,8H2/p+1. The fourth-order valence-corrected chi connectivity index (χ4v) is 2.57. The van der Waals surface area contributed by atoms with Gasteiger partial charge < -0.3 is 5.11 Å². The molecule has 3 aromatic heterocycles. The zero-order valence-electron chi connectivity index (χ0n) is 10.6. The fraction of sp³-hybridized carbons (Fsp3) is 0.143. The molecule has 0 unspecified atom stereocenters. The highest BCUT2D eigenvalue weighted by Crippen LogP contribution is 2.21. The molecule has 0 aromatic carbocycles. The predicted molar refractivity (Wildman–Crippen MR) is 75.3 cm³/mol. The van der Waals surface area contributed by atoms with Crippen LogP contribution in [0.2, 0.25) is 0 Å². The lowest BCUT2D eigenvalue weighted by Gasteiger charge is -2.00. The number of rotatable bonds is 4. The number of pyridine rings is 2. The number of nitrogens with zero attached hydrogens (tertiary/aromatic N) is 3. The lowest BCUT2D eigenvalue weighted by Crippen LogP contribution is -2.33. The number of thiazole rings is 1. The molecule has 0 aliphatic rings. The Morgan fingerprint density at radius 1 is 1.25 bits per heavy atom. The molecule has 0 saturated carbocycles. The molecule has 6 heteroatoms. The monoisotopic (exact) mass is 286 g/mol. The maximum absolute atomic E-state index is 10.5. The Kier molecular flexibility index (Phi) is 3.39. The molecule has 0 radical (unpaired) electrons. The van der Waals surface area contributed by atoms with Crippen molar-refractivity contribution in [2.45, 2.75) is 13.0 Å².